The third kappa shape index (κ3) is 1.67. The second-order valence-corrected chi connectivity index (χ2v) is 3.97. The van der Waals surface area contributed by atoms with Crippen LogP contribution in [0.25, 0.3) is 0 Å². The van der Waals surface area contributed by atoms with E-state index in [0.29, 0.717) is 11.6 Å². The van der Waals surface area contributed by atoms with Gasteiger partial charge in [-0.15, -0.1) is 0 Å². The van der Waals surface area contributed by atoms with Crippen LogP contribution in [-0.4, -0.2) is 15.1 Å². The van der Waals surface area contributed by atoms with Crippen molar-refractivity contribution in [3.63, 3.8) is 0 Å². The topological polar surface area (TPSA) is 46.0 Å². The Morgan fingerprint density at radius 2 is 2.31 bits per heavy atom. The van der Waals surface area contributed by atoms with Crippen LogP contribution in [0, 0.1) is 5.92 Å². The van der Waals surface area contributed by atoms with Gasteiger partial charge in [0.2, 0.25) is 5.28 Å². The van der Waals surface area contributed by atoms with Crippen molar-refractivity contribution in [3.05, 3.63) is 23.2 Å². The van der Waals surface area contributed by atoms with Crippen molar-refractivity contribution in [1.29, 1.82) is 0 Å². The summed E-state index contributed by atoms with van der Waals surface area (Å²) in [5, 5.41) is 10.3. The number of nitrogens with zero attached hydrogens (tertiary/aromatic N) is 2. The molecule has 0 radical (unpaired) electrons. The Morgan fingerprint density at radius 3 is 2.85 bits per heavy atom. The Hall–Kier alpha value is -0.670. The van der Waals surface area contributed by atoms with Crippen molar-refractivity contribution < 1.29 is 5.11 Å². The van der Waals surface area contributed by atoms with Crippen LogP contribution < -0.4 is 0 Å². The number of hydrogen-bond donors (Lipinski definition) is 1. The summed E-state index contributed by atoms with van der Waals surface area (Å²) in [6.45, 7) is 1.78. The molecule has 0 spiro atoms. The van der Waals surface area contributed by atoms with Crippen molar-refractivity contribution in [2.24, 2.45) is 5.92 Å². The average Bonchev–Trinajstić information content (AvgIpc) is 2.86. The highest BCUT2D eigenvalue weighted by molar-refractivity contribution is 6.28. The molecule has 3 nitrogen and oxygen atoms in total. The zero-order valence-electron chi connectivity index (χ0n) is 7.37. The molecule has 1 heterocycles. The van der Waals surface area contributed by atoms with E-state index in [9.17, 15) is 5.11 Å². The molecule has 0 saturated heterocycles. The number of rotatable bonds is 2. The summed E-state index contributed by atoms with van der Waals surface area (Å²) in [5.41, 5.74) is -0.220. The van der Waals surface area contributed by atoms with Gasteiger partial charge in [-0.1, -0.05) is 0 Å². The van der Waals surface area contributed by atoms with Crippen LogP contribution in [0.1, 0.15) is 25.5 Å². The molecule has 4 heteroatoms. The zero-order valence-corrected chi connectivity index (χ0v) is 8.12. The summed E-state index contributed by atoms with van der Waals surface area (Å²) >= 11 is 5.64. The van der Waals surface area contributed by atoms with Gasteiger partial charge >= 0.3 is 0 Å². The normalized spacial score (nSPS) is 21.2. The first-order valence-electron chi connectivity index (χ1n) is 4.32. The van der Waals surface area contributed by atoms with Gasteiger partial charge < -0.3 is 5.11 Å². The van der Waals surface area contributed by atoms with Gasteiger partial charge in [0.1, 0.15) is 5.60 Å². The second kappa shape index (κ2) is 2.93. The van der Waals surface area contributed by atoms with Gasteiger partial charge in [0.15, 0.2) is 0 Å². The molecule has 13 heavy (non-hydrogen) atoms. The maximum absolute atomic E-state index is 10.1. The average molecular weight is 199 g/mol. The van der Waals surface area contributed by atoms with Crippen LogP contribution in [0.4, 0.5) is 0 Å². The van der Waals surface area contributed by atoms with Crippen LogP contribution >= 0.6 is 11.6 Å². The van der Waals surface area contributed by atoms with Gasteiger partial charge in [-0.25, -0.2) is 9.97 Å². The van der Waals surface area contributed by atoms with E-state index >= 15 is 0 Å². The predicted molar refractivity (Wildman–Crippen MR) is 49.3 cm³/mol. The summed E-state index contributed by atoms with van der Waals surface area (Å²) in [7, 11) is 0. The van der Waals surface area contributed by atoms with E-state index in [2.05, 4.69) is 9.97 Å². The largest absolute Gasteiger partial charge is 0.384 e. The Balaban J connectivity index is 2.33. The van der Waals surface area contributed by atoms with Crippen molar-refractivity contribution in [1.82, 2.24) is 9.97 Å². The van der Waals surface area contributed by atoms with Crippen LogP contribution in [0.5, 0.6) is 0 Å². The van der Waals surface area contributed by atoms with Crippen molar-refractivity contribution >= 4 is 11.6 Å². The lowest BCUT2D eigenvalue weighted by Crippen LogP contribution is -2.25. The fraction of sp³-hybridized carbons (Fsp3) is 0.556. The quantitative estimate of drug-likeness (QED) is 0.737. The molecule has 1 aromatic rings. The Labute approximate surface area is 81.8 Å². The molecule has 1 aliphatic carbocycles. The van der Waals surface area contributed by atoms with E-state index in [-0.39, 0.29) is 5.28 Å². The molecule has 0 bridgehead atoms. The monoisotopic (exact) mass is 198 g/mol. The molecule has 70 valence electrons. The van der Waals surface area contributed by atoms with Crippen LogP contribution in [-0.2, 0) is 5.60 Å². The molecule has 1 aromatic heterocycles. The van der Waals surface area contributed by atoms with E-state index in [0.717, 1.165) is 12.8 Å². The van der Waals surface area contributed by atoms with E-state index < -0.39 is 5.60 Å². The fourth-order valence-corrected chi connectivity index (χ4v) is 1.62. The smallest absolute Gasteiger partial charge is 0.222 e. The van der Waals surface area contributed by atoms with E-state index in [4.69, 9.17) is 11.6 Å². The summed E-state index contributed by atoms with van der Waals surface area (Å²) in [6.07, 6.45) is 3.70. The highest BCUT2D eigenvalue weighted by atomic mass is 35.5. The predicted octanol–water partition coefficient (Wildman–Crippen LogP) is 1.75. The molecule has 1 atom stereocenters. The van der Waals surface area contributed by atoms with Gasteiger partial charge in [0, 0.05) is 6.20 Å². The SMILES string of the molecule is C[C@@](O)(c1ccnc(Cl)n1)C1CC1. The van der Waals surface area contributed by atoms with Crippen LogP contribution in [0.2, 0.25) is 5.28 Å². The summed E-state index contributed by atoms with van der Waals surface area (Å²) in [4.78, 5) is 7.79. The summed E-state index contributed by atoms with van der Waals surface area (Å²) < 4.78 is 0. The Kier molecular flexibility index (Phi) is 2.00. The van der Waals surface area contributed by atoms with E-state index in [1.54, 1.807) is 19.2 Å². The van der Waals surface area contributed by atoms with Gasteiger partial charge in [0.25, 0.3) is 0 Å². The van der Waals surface area contributed by atoms with Crippen LogP contribution in [0.3, 0.4) is 0 Å². The molecule has 0 aliphatic heterocycles. The number of halogens is 1. The molecule has 0 amide bonds. The van der Waals surface area contributed by atoms with Crippen molar-refractivity contribution in [2.75, 3.05) is 0 Å². The molecular formula is C9H11ClN2O. The molecule has 1 aliphatic rings. The minimum atomic E-state index is -0.841. The molecule has 1 N–H and O–H groups in total. The minimum absolute atomic E-state index is 0.193. The lowest BCUT2D eigenvalue weighted by molar-refractivity contribution is 0.0285. The van der Waals surface area contributed by atoms with Gasteiger partial charge in [-0.3, -0.25) is 0 Å². The first-order chi connectivity index (χ1) is 6.10. The second-order valence-electron chi connectivity index (χ2n) is 3.63. The Bertz CT molecular complexity index is 323. The summed E-state index contributed by atoms with van der Waals surface area (Å²) in [6, 6.07) is 1.71. The molecule has 0 aromatic carbocycles. The van der Waals surface area contributed by atoms with Crippen molar-refractivity contribution in [2.45, 2.75) is 25.4 Å². The first-order valence-corrected chi connectivity index (χ1v) is 4.70. The first kappa shape index (κ1) is 8.91. The van der Waals surface area contributed by atoms with Gasteiger partial charge in [0.05, 0.1) is 5.69 Å². The molecule has 0 unspecified atom stereocenters. The third-order valence-corrected chi connectivity index (χ3v) is 2.70. The standard InChI is InChI=1S/C9H11ClN2O/c1-9(13,6-2-3-6)7-4-5-11-8(10)12-7/h4-6,13H,2-3H2,1H3/t9-/m0/s1. The molecule has 2 rings (SSSR count). The fourth-order valence-electron chi connectivity index (χ4n) is 1.47. The van der Waals surface area contributed by atoms with Gasteiger partial charge in [-0.2, -0.15) is 0 Å². The number of hydrogen-bond acceptors (Lipinski definition) is 3. The molecular weight excluding hydrogens is 188 g/mol. The third-order valence-electron chi connectivity index (χ3n) is 2.52. The highest BCUT2D eigenvalue weighted by Crippen LogP contribution is 2.44. The maximum Gasteiger partial charge on any atom is 0.222 e. The lowest BCUT2D eigenvalue weighted by atomic mass is 9.96. The zero-order chi connectivity index (χ0) is 9.47. The lowest BCUT2D eigenvalue weighted by Gasteiger charge is -2.21. The van der Waals surface area contributed by atoms with Crippen LogP contribution in [0.15, 0.2) is 12.3 Å². The Morgan fingerprint density at radius 1 is 1.62 bits per heavy atom. The summed E-state index contributed by atoms with van der Waals surface area (Å²) in [5.74, 6) is 0.332. The van der Waals surface area contributed by atoms with Gasteiger partial charge in [-0.05, 0) is 43.4 Å². The minimum Gasteiger partial charge on any atom is -0.384 e. The molecule has 1 saturated carbocycles. The number of aliphatic hydroxyl groups is 1. The molecule has 1 fully saturated rings. The van der Waals surface area contributed by atoms with E-state index in [1.165, 1.54) is 0 Å². The maximum atomic E-state index is 10.1. The highest BCUT2D eigenvalue weighted by Gasteiger charge is 2.42. The van der Waals surface area contributed by atoms with E-state index in [1.807, 2.05) is 0 Å². The number of aromatic nitrogens is 2. The van der Waals surface area contributed by atoms with Crippen molar-refractivity contribution in [3.8, 4) is 0 Å².